The highest BCUT2D eigenvalue weighted by Crippen LogP contribution is 2.16. The predicted molar refractivity (Wildman–Crippen MR) is 66.7 cm³/mol. The lowest BCUT2D eigenvalue weighted by Gasteiger charge is -1.95. The lowest BCUT2D eigenvalue weighted by atomic mass is 10.5. The van der Waals surface area contributed by atoms with Gasteiger partial charge in [-0.3, -0.25) is 0 Å². The zero-order chi connectivity index (χ0) is 11.7. The van der Waals surface area contributed by atoms with Crippen LogP contribution in [0.5, 0.6) is 0 Å². The number of nitrogens with zero attached hydrogens (tertiary/aromatic N) is 3. The van der Waals surface area contributed by atoms with Crippen molar-refractivity contribution in [3.8, 4) is 0 Å². The second kappa shape index (κ2) is 4.54. The first-order valence-corrected chi connectivity index (χ1v) is 5.95. The van der Waals surface area contributed by atoms with E-state index in [0.29, 0.717) is 12.3 Å². The molecule has 5 nitrogen and oxygen atoms in total. The molecule has 0 aliphatic heterocycles. The first kappa shape index (κ1) is 11.6. The maximum atomic E-state index is 11.4. The van der Waals surface area contributed by atoms with Crippen LogP contribution < -0.4 is 0 Å². The molecule has 0 amide bonds. The monoisotopic (exact) mass is 351 g/mol. The van der Waals surface area contributed by atoms with Gasteiger partial charge in [0.1, 0.15) is 3.70 Å². The summed E-state index contributed by atoms with van der Waals surface area (Å²) >= 11 is 7.94. The van der Waals surface area contributed by atoms with E-state index in [2.05, 4.69) is 9.97 Å². The molecule has 0 aliphatic carbocycles. The van der Waals surface area contributed by atoms with Gasteiger partial charge in [-0.05, 0) is 29.5 Å². The number of fused-ring (bicyclic) bond motifs is 1. The zero-order valence-electron chi connectivity index (χ0n) is 8.28. The number of halogens is 2. The Morgan fingerprint density at radius 3 is 3.00 bits per heavy atom. The lowest BCUT2D eigenvalue weighted by molar-refractivity contribution is 0.0520. The Labute approximate surface area is 110 Å². The second-order valence-electron chi connectivity index (χ2n) is 2.93. The fourth-order valence-electron chi connectivity index (χ4n) is 1.24. The smallest absolute Gasteiger partial charge is 0.358 e. The van der Waals surface area contributed by atoms with E-state index in [1.807, 2.05) is 22.6 Å². The molecule has 0 radical (unpaired) electrons. The molecule has 2 aromatic rings. The van der Waals surface area contributed by atoms with Crippen molar-refractivity contribution in [3.63, 3.8) is 0 Å². The summed E-state index contributed by atoms with van der Waals surface area (Å²) in [4.78, 5) is 19.5. The highest BCUT2D eigenvalue weighted by molar-refractivity contribution is 14.1. The highest BCUT2D eigenvalue weighted by Gasteiger charge is 2.14. The van der Waals surface area contributed by atoms with E-state index in [1.165, 1.54) is 0 Å². The van der Waals surface area contributed by atoms with Crippen molar-refractivity contribution in [2.75, 3.05) is 6.61 Å². The summed E-state index contributed by atoms with van der Waals surface area (Å²) < 4.78 is 7.23. The molecule has 0 aliphatic rings. The van der Waals surface area contributed by atoms with E-state index in [9.17, 15) is 4.79 Å². The molecule has 0 aromatic carbocycles. The quantitative estimate of drug-likeness (QED) is 0.615. The van der Waals surface area contributed by atoms with E-state index >= 15 is 0 Å². The third-order valence-electron chi connectivity index (χ3n) is 1.85. The minimum Gasteiger partial charge on any atom is -0.461 e. The number of aromatic nitrogens is 3. The first-order chi connectivity index (χ1) is 7.61. The number of hydrogen-bond donors (Lipinski definition) is 0. The highest BCUT2D eigenvalue weighted by atomic mass is 127. The topological polar surface area (TPSA) is 56.5 Å². The fraction of sp³-hybridized carbons (Fsp3) is 0.222. The van der Waals surface area contributed by atoms with Gasteiger partial charge in [0.05, 0.1) is 6.61 Å². The third kappa shape index (κ3) is 2.12. The molecule has 0 bridgehead atoms. The molecule has 0 spiro atoms. The summed E-state index contributed by atoms with van der Waals surface area (Å²) in [5.74, 6) is -0.461. The number of rotatable bonds is 2. The van der Waals surface area contributed by atoms with E-state index in [1.54, 1.807) is 23.7 Å². The number of ether oxygens (including phenoxy) is 1. The Morgan fingerprint density at radius 1 is 1.56 bits per heavy atom. The van der Waals surface area contributed by atoms with E-state index in [-0.39, 0.29) is 10.8 Å². The van der Waals surface area contributed by atoms with Crippen LogP contribution in [0.2, 0.25) is 5.15 Å². The number of esters is 1. The number of carbonyl (C=O) groups excluding carboxylic acids is 1. The van der Waals surface area contributed by atoms with Gasteiger partial charge >= 0.3 is 5.97 Å². The molecular formula is C9H7ClIN3O2. The van der Waals surface area contributed by atoms with Gasteiger partial charge in [0.15, 0.2) is 16.5 Å². The molecule has 84 valence electrons. The van der Waals surface area contributed by atoms with Crippen LogP contribution >= 0.6 is 34.2 Å². The first-order valence-electron chi connectivity index (χ1n) is 4.49. The van der Waals surface area contributed by atoms with Crippen LogP contribution in [-0.2, 0) is 4.74 Å². The molecule has 0 fully saturated rings. The van der Waals surface area contributed by atoms with Crippen LogP contribution in [0.3, 0.4) is 0 Å². The minimum absolute atomic E-state index is 0.229. The molecule has 2 heterocycles. The molecule has 2 rings (SSSR count). The second-order valence-corrected chi connectivity index (χ2v) is 4.40. The molecule has 7 heteroatoms. The predicted octanol–water partition coefficient (Wildman–Crippen LogP) is 2.16. The van der Waals surface area contributed by atoms with Gasteiger partial charge in [-0.15, -0.1) is 0 Å². The average molecular weight is 352 g/mol. The third-order valence-corrected chi connectivity index (χ3v) is 2.63. The summed E-state index contributed by atoms with van der Waals surface area (Å²) in [6, 6.07) is 0. The molecule has 0 saturated heterocycles. The van der Waals surface area contributed by atoms with Gasteiger partial charge in [0.2, 0.25) is 0 Å². The van der Waals surface area contributed by atoms with Gasteiger partial charge in [0.25, 0.3) is 0 Å². The Bertz CT molecular complexity index is 555. The Kier molecular flexibility index (Phi) is 3.29. The molecular weight excluding hydrogens is 344 g/mol. The van der Waals surface area contributed by atoms with E-state index in [4.69, 9.17) is 16.3 Å². The van der Waals surface area contributed by atoms with Gasteiger partial charge < -0.3 is 9.14 Å². The summed E-state index contributed by atoms with van der Waals surface area (Å²) in [5, 5.41) is 0.266. The standard InChI is InChI=1S/C9H7ClIN3O2/c1-2-16-9(15)5-3-14-4-6(11)13-7(10)8(14)12-5/h3-4H,2H2,1H3. The number of hydrogen-bond acceptors (Lipinski definition) is 4. The lowest BCUT2D eigenvalue weighted by Crippen LogP contribution is -2.04. The summed E-state index contributed by atoms with van der Waals surface area (Å²) in [7, 11) is 0. The van der Waals surface area contributed by atoms with Crippen LogP contribution in [0, 0.1) is 3.70 Å². The van der Waals surface area contributed by atoms with Gasteiger partial charge in [-0.2, -0.15) is 0 Å². The van der Waals surface area contributed by atoms with E-state index in [0.717, 1.165) is 3.70 Å². The number of carbonyl (C=O) groups is 1. The molecule has 16 heavy (non-hydrogen) atoms. The Morgan fingerprint density at radius 2 is 2.31 bits per heavy atom. The van der Waals surface area contributed by atoms with Crippen molar-refractivity contribution >= 4 is 45.8 Å². The van der Waals surface area contributed by atoms with Crippen molar-refractivity contribution in [3.05, 3.63) is 26.9 Å². The van der Waals surface area contributed by atoms with Crippen LogP contribution in [0.15, 0.2) is 12.4 Å². The normalized spacial score (nSPS) is 10.7. The van der Waals surface area contributed by atoms with Gasteiger partial charge in [-0.1, -0.05) is 11.6 Å². The summed E-state index contributed by atoms with van der Waals surface area (Å²) in [5.41, 5.74) is 0.678. The maximum absolute atomic E-state index is 11.4. The molecule has 2 aromatic heterocycles. The van der Waals surface area contributed by atoms with Crippen LogP contribution in [0.4, 0.5) is 0 Å². The van der Waals surface area contributed by atoms with Crippen LogP contribution in [0.1, 0.15) is 17.4 Å². The number of imidazole rings is 1. The molecule has 0 saturated carbocycles. The van der Waals surface area contributed by atoms with Crippen molar-refractivity contribution in [2.45, 2.75) is 6.92 Å². The summed E-state index contributed by atoms with van der Waals surface area (Å²) in [6.45, 7) is 2.06. The fourth-order valence-corrected chi connectivity index (χ4v) is 2.15. The van der Waals surface area contributed by atoms with Crippen molar-refractivity contribution in [1.29, 1.82) is 0 Å². The summed E-state index contributed by atoms with van der Waals surface area (Å²) in [6.07, 6.45) is 3.31. The largest absolute Gasteiger partial charge is 0.461 e. The molecule has 0 N–H and O–H groups in total. The maximum Gasteiger partial charge on any atom is 0.358 e. The average Bonchev–Trinajstić information content (AvgIpc) is 2.62. The zero-order valence-corrected chi connectivity index (χ0v) is 11.2. The van der Waals surface area contributed by atoms with Crippen molar-refractivity contribution in [1.82, 2.24) is 14.4 Å². The van der Waals surface area contributed by atoms with Gasteiger partial charge in [-0.25, -0.2) is 14.8 Å². The van der Waals surface area contributed by atoms with Crippen molar-refractivity contribution < 1.29 is 9.53 Å². The Hall–Kier alpha value is -0.890. The SMILES string of the molecule is CCOC(=O)c1cn2cc(I)nc(Cl)c2n1. The van der Waals surface area contributed by atoms with Gasteiger partial charge in [0, 0.05) is 12.4 Å². The van der Waals surface area contributed by atoms with E-state index < -0.39 is 5.97 Å². The van der Waals surface area contributed by atoms with Crippen LogP contribution in [0.25, 0.3) is 5.65 Å². The Balaban J connectivity index is 2.51. The molecule has 0 atom stereocenters. The molecule has 0 unspecified atom stereocenters. The van der Waals surface area contributed by atoms with Crippen LogP contribution in [-0.4, -0.2) is 26.9 Å². The van der Waals surface area contributed by atoms with Crippen molar-refractivity contribution in [2.24, 2.45) is 0 Å². The minimum atomic E-state index is -0.461.